The molecule has 1 heterocycles. The fourth-order valence-corrected chi connectivity index (χ4v) is 1.10. The lowest BCUT2D eigenvalue weighted by Gasteiger charge is -2.24. The van der Waals surface area contributed by atoms with Gasteiger partial charge >= 0.3 is 5.97 Å². The van der Waals surface area contributed by atoms with Gasteiger partial charge in [0.2, 0.25) is 0 Å². The van der Waals surface area contributed by atoms with Gasteiger partial charge < -0.3 is 15.5 Å². The van der Waals surface area contributed by atoms with E-state index in [9.17, 15) is 4.79 Å². The molecule has 0 aromatic carbocycles. The highest BCUT2D eigenvalue weighted by Gasteiger charge is 2.28. The highest BCUT2D eigenvalue weighted by Crippen LogP contribution is 2.10. The summed E-state index contributed by atoms with van der Waals surface area (Å²) in [6, 6.07) is 0. The zero-order valence-corrected chi connectivity index (χ0v) is 5.58. The van der Waals surface area contributed by atoms with Gasteiger partial charge in [-0.1, -0.05) is 0 Å². The third-order valence-electron chi connectivity index (χ3n) is 1.76. The van der Waals surface area contributed by atoms with E-state index in [-0.39, 0.29) is 0 Å². The fraction of sp³-hybridized carbons (Fsp3) is 0.833. The van der Waals surface area contributed by atoms with Crippen LogP contribution in [0.15, 0.2) is 0 Å². The van der Waals surface area contributed by atoms with Gasteiger partial charge in [-0.25, -0.2) is 0 Å². The van der Waals surface area contributed by atoms with Crippen molar-refractivity contribution in [2.45, 2.75) is 12.5 Å². The van der Waals surface area contributed by atoms with Gasteiger partial charge in [-0.05, 0) is 13.0 Å². The van der Waals surface area contributed by atoms with Crippen LogP contribution in [0.1, 0.15) is 6.42 Å². The summed E-state index contributed by atoms with van der Waals surface area (Å²) >= 11 is 0. The summed E-state index contributed by atoms with van der Waals surface area (Å²) in [7, 11) is 0. The van der Waals surface area contributed by atoms with Crippen LogP contribution in [0.4, 0.5) is 0 Å². The maximum absolute atomic E-state index is 10.4. The number of aliphatic hydroxyl groups is 1. The minimum atomic E-state index is -0.917. The zero-order valence-electron chi connectivity index (χ0n) is 5.58. The number of hydrogen-bond donors (Lipinski definition) is 3. The van der Waals surface area contributed by atoms with E-state index in [0.29, 0.717) is 19.5 Å². The van der Waals surface area contributed by atoms with E-state index in [2.05, 4.69) is 5.32 Å². The van der Waals surface area contributed by atoms with Gasteiger partial charge in [0.25, 0.3) is 0 Å². The predicted octanol–water partition coefficient (Wildman–Crippen LogP) is -0.959. The molecule has 1 aliphatic heterocycles. The van der Waals surface area contributed by atoms with Crippen LogP contribution in [0, 0.1) is 5.92 Å². The second-order valence-corrected chi connectivity index (χ2v) is 2.50. The number of carboxylic acids is 1. The molecule has 1 aliphatic rings. The predicted molar refractivity (Wildman–Crippen MR) is 34.6 cm³/mol. The van der Waals surface area contributed by atoms with Gasteiger partial charge in [0.1, 0.15) is 0 Å². The first-order valence-corrected chi connectivity index (χ1v) is 3.33. The molecule has 0 unspecified atom stereocenters. The molecule has 58 valence electrons. The molecular formula is C6H11NO3. The second-order valence-electron chi connectivity index (χ2n) is 2.50. The van der Waals surface area contributed by atoms with Crippen molar-refractivity contribution >= 4 is 5.97 Å². The van der Waals surface area contributed by atoms with E-state index in [4.69, 9.17) is 10.2 Å². The van der Waals surface area contributed by atoms with Crippen LogP contribution in [-0.4, -0.2) is 35.4 Å². The average Bonchev–Trinajstić information content (AvgIpc) is 1.88. The molecule has 2 atom stereocenters. The normalized spacial score (nSPS) is 33.7. The van der Waals surface area contributed by atoms with Crippen molar-refractivity contribution in [1.82, 2.24) is 5.32 Å². The Hall–Kier alpha value is -0.610. The lowest BCUT2D eigenvalue weighted by Crippen LogP contribution is -2.43. The number of nitrogens with one attached hydrogen (secondary N) is 1. The Morgan fingerprint density at radius 3 is 2.70 bits per heavy atom. The van der Waals surface area contributed by atoms with Crippen LogP contribution in [-0.2, 0) is 4.79 Å². The number of carbonyl (C=O) groups is 1. The second kappa shape index (κ2) is 2.98. The average molecular weight is 145 g/mol. The Morgan fingerprint density at radius 1 is 1.60 bits per heavy atom. The van der Waals surface area contributed by atoms with Gasteiger partial charge in [-0.2, -0.15) is 0 Å². The Labute approximate surface area is 58.9 Å². The summed E-state index contributed by atoms with van der Waals surface area (Å²) < 4.78 is 0. The molecule has 0 aromatic heterocycles. The summed E-state index contributed by atoms with van der Waals surface area (Å²) in [5, 5.41) is 20.5. The van der Waals surface area contributed by atoms with E-state index in [1.54, 1.807) is 0 Å². The summed E-state index contributed by atoms with van der Waals surface area (Å²) in [5.74, 6) is -1.53. The van der Waals surface area contributed by atoms with Crippen LogP contribution in [0.2, 0.25) is 0 Å². The Balaban J connectivity index is 2.47. The third-order valence-corrected chi connectivity index (χ3v) is 1.76. The molecule has 0 radical (unpaired) electrons. The molecule has 0 aliphatic carbocycles. The largest absolute Gasteiger partial charge is 0.481 e. The molecule has 1 saturated heterocycles. The summed E-state index contributed by atoms with van der Waals surface area (Å²) in [5.41, 5.74) is 0. The topological polar surface area (TPSA) is 69.6 Å². The minimum Gasteiger partial charge on any atom is -0.481 e. The molecule has 1 fully saturated rings. The first kappa shape index (κ1) is 7.50. The number of rotatable bonds is 1. The molecule has 1 rings (SSSR count). The maximum atomic E-state index is 10.4. The fourth-order valence-electron chi connectivity index (χ4n) is 1.10. The van der Waals surface area contributed by atoms with Crippen LogP contribution in [0.5, 0.6) is 0 Å². The number of hydrogen-bond acceptors (Lipinski definition) is 3. The summed E-state index contributed by atoms with van der Waals surface area (Å²) in [6.45, 7) is 1.10. The smallest absolute Gasteiger partial charge is 0.310 e. The third kappa shape index (κ3) is 1.46. The Kier molecular flexibility index (Phi) is 2.24. The van der Waals surface area contributed by atoms with E-state index in [0.717, 1.165) is 0 Å². The number of piperidine rings is 1. The minimum absolute atomic E-state index is 0.385. The highest BCUT2D eigenvalue weighted by atomic mass is 16.4. The van der Waals surface area contributed by atoms with Gasteiger partial charge in [-0.15, -0.1) is 0 Å². The molecule has 0 aromatic rings. The van der Waals surface area contributed by atoms with Crippen LogP contribution >= 0.6 is 0 Å². The molecule has 0 amide bonds. The first-order valence-electron chi connectivity index (χ1n) is 3.33. The molecule has 0 spiro atoms. The van der Waals surface area contributed by atoms with Gasteiger partial charge in [0.15, 0.2) is 0 Å². The van der Waals surface area contributed by atoms with E-state index < -0.39 is 18.0 Å². The van der Waals surface area contributed by atoms with E-state index in [1.807, 2.05) is 0 Å². The molecule has 4 heteroatoms. The van der Waals surface area contributed by atoms with Crippen molar-refractivity contribution in [3.05, 3.63) is 0 Å². The number of aliphatic carboxylic acids is 1. The number of carboxylic acid groups (broad SMARTS) is 1. The monoisotopic (exact) mass is 145 g/mol. The van der Waals surface area contributed by atoms with Gasteiger partial charge in [0, 0.05) is 6.54 Å². The van der Waals surface area contributed by atoms with E-state index in [1.165, 1.54) is 0 Å². The Morgan fingerprint density at radius 2 is 2.30 bits per heavy atom. The summed E-state index contributed by atoms with van der Waals surface area (Å²) in [6.07, 6.45) is -0.129. The van der Waals surface area contributed by atoms with Gasteiger partial charge in [0.05, 0.1) is 12.0 Å². The molecular weight excluding hydrogens is 134 g/mol. The molecule has 4 nitrogen and oxygen atoms in total. The van der Waals surface area contributed by atoms with Crippen molar-refractivity contribution in [2.75, 3.05) is 13.1 Å². The van der Waals surface area contributed by atoms with Gasteiger partial charge in [-0.3, -0.25) is 4.79 Å². The highest BCUT2D eigenvalue weighted by molar-refractivity contribution is 5.71. The van der Waals surface area contributed by atoms with Crippen molar-refractivity contribution in [1.29, 1.82) is 0 Å². The van der Waals surface area contributed by atoms with Crippen molar-refractivity contribution in [3.8, 4) is 0 Å². The zero-order chi connectivity index (χ0) is 7.56. The number of aliphatic hydroxyl groups excluding tert-OH is 1. The van der Waals surface area contributed by atoms with Crippen molar-refractivity contribution in [2.24, 2.45) is 5.92 Å². The lowest BCUT2D eigenvalue weighted by molar-refractivity contribution is -0.146. The maximum Gasteiger partial charge on any atom is 0.310 e. The summed E-state index contributed by atoms with van der Waals surface area (Å²) in [4.78, 5) is 10.4. The Bertz CT molecular complexity index is 137. The van der Waals surface area contributed by atoms with Crippen LogP contribution in [0.25, 0.3) is 0 Å². The molecule has 0 saturated carbocycles. The standard InChI is InChI=1S/C6H11NO3/c8-5-1-2-7-3-4(5)6(9)10/h4-5,7-8H,1-3H2,(H,9,10)/t4-,5+/m0/s1. The lowest BCUT2D eigenvalue weighted by atomic mass is 9.97. The van der Waals surface area contributed by atoms with Crippen LogP contribution in [0.3, 0.4) is 0 Å². The first-order chi connectivity index (χ1) is 4.72. The molecule has 0 bridgehead atoms. The van der Waals surface area contributed by atoms with E-state index >= 15 is 0 Å². The molecule has 3 N–H and O–H groups in total. The quantitative estimate of drug-likeness (QED) is 0.444. The van der Waals surface area contributed by atoms with Crippen molar-refractivity contribution < 1.29 is 15.0 Å². The molecule has 10 heavy (non-hydrogen) atoms. The SMILES string of the molecule is O=C(O)[C@H]1CNCC[C@H]1O. The van der Waals surface area contributed by atoms with Crippen LogP contribution < -0.4 is 5.32 Å². The van der Waals surface area contributed by atoms with Crippen molar-refractivity contribution in [3.63, 3.8) is 0 Å².